The summed E-state index contributed by atoms with van der Waals surface area (Å²) in [6, 6.07) is 0.198. The molecule has 2 N–H and O–H groups in total. The summed E-state index contributed by atoms with van der Waals surface area (Å²) >= 11 is 0. The van der Waals surface area contributed by atoms with Crippen molar-refractivity contribution >= 4 is 5.91 Å². The van der Waals surface area contributed by atoms with E-state index in [2.05, 4.69) is 30.7 Å². The van der Waals surface area contributed by atoms with E-state index in [1.54, 1.807) is 0 Å². The fourth-order valence-corrected chi connectivity index (χ4v) is 3.65. The Labute approximate surface area is 117 Å². The lowest BCUT2D eigenvalue weighted by molar-refractivity contribution is -0.145. The van der Waals surface area contributed by atoms with Crippen molar-refractivity contribution in [1.82, 2.24) is 9.80 Å². The Kier molecular flexibility index (Phi) is 4.51. The number of nitrogens with two attached hydrogens (primary N) is 1. The molecule has 2 fully saturated rings. The minimum Gasteiger partial charge on any atom is -0.336 e. The highest BCUT2D eigenvalue weighted by atomic mass is 16.2. The van der Waals surface area contributed by atoms with E-state index in [4.69, 9.17) is 5.73 Å². The molecule has 1 aliphatic carbocycles. The van der Waals surface area contributed by atoms with E-state index in [1.165, 1.54) is 19.3 Å². The third kappa shape index (κ3) is 3.11. The summed E-state index contributed by atoms with van der Waals surface area (Å²) in [6.07, 6.45) is 4.68. The molecule has 2 atom stereocenters. The molecule has 1 heterocycles. The Morgan fingerprint density at radius 3 is 2.68 bits per heavy atom. The lowest BCUT2D eigenvalue weighted by Crippen LogP contribution is -2.59. The Morgan fingerprint density at radius 2 is 2.05 bits per heavy atom. The summed E-state index contributed by atoms with van der Waals surface area (Å²) in [5.74, 6) is 0.548. The topological polar surface area (TPSA) is 49.6 Å². The minimum absolute atomic E-state index is 0.151. The summed E-state index contributed by atoms with van der Waals surface area (Å²) in [5.41, 5.74) is 6.02. The largest absolute Gasteiger partial charge is 0.336 e. The van der Waals surface area contributed by atoms with Crippen LogP contribution >= 0.6 is 0 Å². The molecule has 2 rings (SSSR count). The van der Waals surface area contributed by atoms with E-state index in [-0.39, 0.29) is 17.4 Å². The second-order valence-corrected chi connectivity index (χ2v) is 6.97. The zero-order chi connectivity index (χ0) is 14.0. The first-order chi connectivity index (χ1) is 8.95. The van der Waals surface area contributed by atoms with Crippen LogP contribution < -0.4 is 5.73 Å². The van der Waals surface area contributed by atoms with Gasteiger partial charge in [-0.25, -0.2) is 0 Å². The fourth-order valence-electron chi connectivity index (χ4n) is 3.65. The maximum absolute atomic E-state index is 12.9. The van der Waals surface area contributed by atoms with Gasteiger partial charge in [-0.1, -0.05) is 26.7 Å². The molecule has 1 amide bonds. The second kappa shape index (κ2) is 5.80. The Balaban J connectivity index is 2.09. The van der Waals surface area contributed by atoms with Gasteiger partial charge in [0, 0.05) is 32.1 Å². The number of amides is 1. The van der Waals surface area contributed by atoms with Crippen molar-refractivity contribution in [3.63, 3.8) is 0 Å². The molecular formula is C15H29N3O. The molecule has 0 aromatic carbocycles. The van der Waals surface area contributed by atoms with Gasteiger partial charge in [0.1, 0.15) is 0 Å². The molecule has 0 spiro atoms. The molecule has 0 bridgehead atoms. The number of likely N-dealkylation sites (N-methyl/N-ethyl adjacent to an activating group) is 1. The van der Waals surface area contributed by atoms with Crippen LogP contribution in [0.2, 0.25) is 0 Å². The first kappa shape index (κ1) is 14.8. The van der Waals surface area contributed by atoms with Gasteiger partial charge in [0.05, 0.1) is 6.04 Å². The third-order valence-corrected chi connectivity index (χ3v) is 5.05. The van der Waals surface area contributed by atoms with E-state index in [0.717, 1.165) is 26.1 Å². The van der Waals surface area contributed by atoms with E-state index in [1.807, 2.05) is 0 Å². The lowest BCUT2D eigenvalue weighted by Gasteiger charge is -2.45. The summed E-state index contributed by atoms with van der Waals surface area (Å²) in [6.45, 7) is 7.79. The number of nitrogens with zero attached hydrogens (tertiary/aromatic N) is 2. The van der Waals surface area contributed by atoms with E-state index < -0.39 is 0 Å². The Morgan fingerprint density at radius 1 is 1.32 bits per heavy atom. The van der Waals surface area contributed by atoms with Gasteiger partial charge in [-0.05, 0) is 25.3 Å². The van der Waals surface area contributed by atoms with E-state index in [9.17, 15) is 4.79 Å². The van der Waals surface area contributed by atoms with Gasteiger partial charge in [-0.3, -0.25) is 4.79 Å². The molecule has 0 radical (unpaired) electrons. The van der Waals surface area contributed by atoms with Gasteiger partial charge < -0.3 is 15.5 Å². The highest BCUT2D eigenvalue weighted by Gasteiger charge is 2.41. The smallest absolute Gasteiger partial charge is 0.226 e. The number of carbonyl (C=O) groups excluding carboxylic acids is 1. The molecule has 4 heteroatoms. The molecule has 0 aromatic heterocycles. The lowest BCUT2D eigenvalue weighted by atomic mass is 9.68. The highest BCUT2D eigenvalue weighted by Crippen LogP contribution is 2.41. The molecule has 2 unspecified atom stereocenters. The molecule has 1 saturated heterocycles. The van der Waals surface area contributed by atoms with E-state index in [0.29, 0.717) is 12.5 Å². The molecule has 2 aliphatic rings. The number of rotatable bonds is 2. The van der Waals surface area contributed by atoms with Crippen molar-refractivity contribution < 1.29 is 4.79 Å². The zero-order valence-electron chi connectivity index (χ0n) is 12.7. The maximum Gasteiger partial charge on any atom is 0.226 e. The fraction of sp³-hybridized carbons (Fsp3) is 0.933. The predicted molar refractivity (Wildman–Crippen MR) is 77.8 cm³/mol. The van der Waals surface area contributed by atoms with Crippen LogP contribution in [0, 0.1) is 11.3 Å². The standard InChI is InChI=1S/C15H29N3O/c1-15(2)7-5-4-6-13(15)14(19)18-9-8-17(3)11-12(18)10-16/h12-13H,4-11,16H2,1-3H3. The number of piperazine rings is 1. The van der Waals surface area contributed by atoms with Gasteiger partial charge in [0.2, 0.25) is 5.91 Å². The van der Waals surface area contributed by atoms with Crippen LogP contribution in [0.3, 0.4) is 0 Å². The van der Waals surface area contributed by atoms with Crippen molar-refractivity contribution in [1.29, 1.82) is 0 Å². The predicted octanol–water partition coefficient (Wildman–Crippen LogP) is 1.30. The van der Waals surface area contributed by atoms with Crippen LogP contribution in [0.4, 0.5) is 0 Å². The van der Waals surface area contributed by atoms with Crippen molar-refractivity contribution in [2.24, 2.45) is 17.1 Å². The summed E-state index contributed by atoms with van der Waals surface area (Å²) in [7, 11) is 2.11. The van der Waals surface area contributed by atoms with Crippen LogP contribution in [0.25, 0.3) is 0 Å². The number of hydrogen-bond donors (Lipinski definition) is 1. The molecule has 4 nitrogen and oxygen atoms in total. The first-order valence-electron chi connectivity index (χ1n) is 7.65. The average Bonchev–Trinajstić information content (AvgIpc) is 2.37. The third-order valence-electron chi connectivity index (χ3n) is 5.05. The van der Waals surface area contributed by atoms with Crippen LogP contribution in [-0.4, -0.2) is 55.0 Å². The maximum atomic E-state index is 12.9. The van der Waals surface area contributed by atoms with Gasteiger partial charge >= 0.3 is 0 Å². The van der Waals surface area contributed by atoms with Gasteiger partial charge in [0.15, 0.2) is 0 Å². The summed E-state index contributed by atoms with van der Waals surface area (Å²) in [4.78, 5) is 17.2. The van der Waals surface area contributed by atoms with Crippen LogP contribution in [0.5, 0.6) is 0 Å². The van der Waals surface area contributed by atoms with Crippen LogP contribution in [-0.2, 0) is 4.79 Å². The zero-order valence-corrected chi connectivity index (χ0v) is 12.7. The summed E-state index contributed by atoms with van der Waals surface area (Å²) < 4.78 is 0. The minimum atomic E-state index is 0.151. The highest BCUT2D eigenvalue weighted by molar-refractivity contribution is 5.80. The van der Waals surface area contributed by atoms with Gasteiger partial charge in [-0.15, -0.1) is 0 Å². The van der Waals surface area contributed by atoms with Crippen molar-refractivity contribution in [2.45, 2.75) is 45.6 Å². The number of carbonyl (C=O) groups is 1. The average molecular weight is 267 g/mol. The number of hydrogen-bond acceptors (Lipinski definition) is 3. The Hall–Kier alpha value is -0.610. The van der Waals surface area contributed by atoms with Crippen LogP contribution in [0.1, 0.15) is 39.5 Å². The Bertz CT molecular complexity index is 329. The normalized spacial score (nSPS) is 32.3. The molecule has 0 aromatic rings. The molecule has 110 valence electrons. The van der Waals surface area contributed by atoms with Crippen molar-refractivity contribution in [3.8, 4) is 0 Å². The summed E-state index contributed by atoms with van der Waals surface area (Å²) in [5, 5.41) is 0. The van der Waals surface area contributed by atoms with Crippen molar-refractivity contribution in [3.05, 3.63) is 0 Å². The second-order valence-electron chi connectivity index (χ2n) is 6.97. The monoisotopic (exact) mass is 267 g/mol. The van der Waals surface area contributed by atoms with Crippen molar-refractivity contribution in [2.75, 3.05) is 33.2 Å². The van der Waals surface area contributed by atoms with E-state index >= 15 is 0 Å². The molecule has 1 aliphatic heterocycles. The quantitative estimate of drug-likeness (QED) is 0.820. The molecule has 19 heavy (non-hydrogen) atoms. The molecular weight excluding hydrogens is 238 g/mol. The molecule has 1 saturated carbocycles. The first-order valence-corrected chi connectivity index (χ1v) is 7.65. The van der Waals surface area contributed by atoms with Crippen LogP contribution in [0.15, 0.2) is 0 Å². The van der Waals surface area contributed by atoms with Gasteiger partial charge in [0.25, 0.3) is 0 Å². The van der Waals surface area contributed by atoms with Gasteiger partial charge in [-0.2, -0.15) is 0 Å². The SMILES string of the molecule is CN1CCN(C(=O)C2CCCCC2(C)C)C(CN)C1.